The minimum Gasteiger partial charge on any atom is -0.349 e. The average molecular weight is 568 g/mol. The highest BCUT2D eigenvalue weighted by Gasteiger charge is 2.29. The monoisotopic (exact) mass is 567 g/mol. The van der Waals surface area contributed by atoms with Gasteiger partial charge in [0.25, 0.3) is 0 Å². The molecule has 4 aromatic rings. The van der Waals surface area contributed by atoms with Crippen molar-refractivity contribution in [2.75, 3.05) is 13.1 Å². The smallest absolute Gasteiger partial charge is 0.241 e. The molecule has 0 bridgehead atoms. The molecule has 1 amide bonds. The molecule has 2 unspecified atom stereocenters. The third kappa shape index (κ3) is 6.38. The Balaban J connectivity index is 1.18. The maximum atomic E-state index is 13.5. The first-order valence-electron chi connectivity index (χ1n) is 14.6. The van der Waals surface area contributed by atoms with Crippen LogP contribution in [0, 0.1) is 0 Å². The summed E-state index contributed by atoms with van der Waals surface area (Å²) in [7, 11) is -3.88. The molecule has 2 atom stereocenters. The van der Waals surface area contributed by atoms with Crippen LogP contribution in [0.3, 0.4) is 0 Å². The molecular formula is C34H37N3O3S. The number of sulfonamides is 1. The summed E-state index contributed by atoms with van der Waals surface area (Å²) in [4.78, 5) is 16.2. The van der Waals surface area contributed by atoms with E-state index >= 15 is 0 Å². The van der Waals surface area contributed by atoms with Gasteiger partial charge in [-0.2, -0.15) is 0 Å². The summed E-state index contributed by atoms with van der Waals surface area (Å²) in [5.74, 6) is -0.167. The quantitative estimate of drug-likeness (QED) is 0.259. The molecule has 212 valence electrons. The van der Waals surface area contributed by atoms with E-state index in [9.17, 15) is 13.2 Å². The van der Waals surface area contributed by atoms with E-state index in [0.29, 0.717) is 0 Å². The Kier molecular flexibility index (Phi) is 8.19. The van der Waals surface area contributed by atoms with Crippen LogP contribution in [0.4, 0.5) is 0 Å². The minimum atomic E-state index is -3.88. The molecule has 1 aliphatic carbocycles. The van der Waals surface area contributed by atoms with Gasteiger partial charge in [0.2, 0.25) is 15.9 Å². The number of carbonyl (C=O) groups is 1. The van der Waals surface area contributed by atoms with Gasteiger partial charge in [0, 0.05) is 13.0 Å². The van der Waals surface area contributed by atoms with Gasteiger partial charge in [-0.15, -0.1) is 0 Å². The lowest BCUT2D eigenvalue weighted by Gasteiger charge is -2.27. The largest absolute Gasteiger partial charge is 0.349 e. The topological polar surface area (TPSA) is 78.5 Å². The third-order valence-electron chi connectivity index (χ3n) is 8.47. The van der Waals surface area contributed by atoms with E-state index in [2.05, 4.69) is 33.1 Å². The molecule has 1 heterocycles. The second kappa shape index (κ2) is 12.1. The standard InChI is InChI=1S/C34H37N3O3S/c38-34(35-32-19-18-30-28(14-9-15-31(30)32)24-37-20-7-2-8-21-37)23-33(26-11-3-1-4-12-26)36-41(39,40)29-17-16-25-10-5-6-13-27(25)22-29/h1,3-6,9-17,22,32-33,36H,2,7-8,18-21,23-24H2,(H,35,38). The Labute approximate surface area is 242 Å². The molecule has 7 heteroatoms. The fourth-order valence-corrected chi connectivity index (χ4v) is 7.59. The highest BCUT2D eigenvalue weighted by atomic mass is 32.2. The Bertz CT molecular complexity index is 1630. The first-order chi connectivity index (χ1) is 20.0. The normalized spacial score (nSPS) is 18.2. The number of hydrogen-bond donors (Lipinski definition) is 2. The minimum absolute atomic E-state index is 0.0100. The van der Waals surface area contributed by atoms with Crippen molar-refractivity contribution in [3.05, 3.63) is 113 Å². The number of benzene rings is 4. The number of piperidine rings is 1. The second-order valence-corrected chi connectivity index (χ2v) is 13.0. The van der Waals surface area contributed by atoms with Gasteiger partial charge in [0.1, 0.15) is 0 Å². The van der Waals surface area contributed by atoms with E-state index in [1.807, 2.05) is 60.7 Å². The van der Waals surface area contributed by atoms with Crippen LogP contribution in [-0.4, -0.2) is 32.3 Å². The lowest BCUT2D eigenvalue weighted by molar-refractivity contribution is -0.122. The summed E-state index contributed by atoms with van der Waals surface area (Å²) in [6.45, 7) is 3.27. The van der Waals surface area contributed by atoms with Crippen LogP contribution >= 0.6 is 0 Å². The Morgan fingerprint density at radius 3 is 2.41 bits per heavy atom. The molecule has 0 aromatic heterocycles. The van der Waals surface area contributed by atoms with Crippen molar-refractivity contribution < 1.29 is 13.2 Å². The predicted molar refractivity (Wildman–Crippen MR) is 163 cm³/mol. The zero-order valence-corrected chi connectivity index (χ0v) is 24.1. The van der Waals surface area contributed by atoms with Crippen LogP contribution in [0.25, 0.3) is 10.8 Å². The second-order valence-electron chi connectivity index (χ2n) is 11.3. The van der Waals surface area contributed by atoms with Crippen molar-refractivity contribution >= 4 is 26.7 Å². The van der Waals surface area contributed by atoms with Crippen molar-refractivity contribution in [1.29, 1.82) is 0 Å². The molecule has 0 saturated carbocycles. The zero-order valence-electron chi connectivity index (χ0n) is 23.3. The molecule has 41 heavy (non-hydrogen) atoms. The van der Waals surface area contributed by atoms with Crippen molar-refractivity contribution in [3.63, 3.8) is 0 Å². The highest BCUT2D eigenvalue weighted by molar-refractivity contribution is 7.89. The van der Waals surface area contributed by atoms with Gasteiger partial charge in [0.05, 0.1) is 17.0 Å². The molecule has 1 fully saturated rings. The highest BCUT2D eigenvalue weighted by Crippen LogP contribution is 2.34. The Hall–Kier alpha value is -3.52. The molecule has 4 aromatic carbocycles. The SMILES string of the molecule is O=C(CC(NS(=O)(=O)c1ccc2ccccc2c1)c1ccccc1)NC1CCc2c(CN3CCCCC3)cccc21. The number of amides is 1. The molecule has 2 N–H and O–H groups in total. The third-order valence-corrected chi connectivity index (χ3v) is 9.94. The number of likely N-dealkylation sites (tertiary alicyclic amines) is 1. The van der Waals surface area contributed by atoms with Gasteiger partial charge < -0.3 is 5.32 Å². The summed E-state index contributed by atoms with van der Waals surface area (Å²) in [5.41, 5.74) is 4.68. The molecule has 2 aliphatic rings. The molecule has 0 radical (unpaired) electrons. The first kappa shape index (κ1) is 27.6. The zero-order chi connectivity index (χ0) is 28.2. The lowest BCUT2D eigenvalue weighted by Crippen LogP contribution is -2.35. The fourth-order valence-electron chi connectivity index (χ4n) is 6.33. The van der Waals surface area contributed by atoms with Crippen LogP contribution in [0.15, 0.2) is 95.9 Å². The van der Waals surface area contributed by atoms with Gasteiger partial charge in [-0.05, 0) is 83.9 Å². The van der Waals surface area contributed by atoms with Gasteiger partial charge >= 0.3 is 0 Å². The molecule has 1 aliphatic heterocycles. The van der Waals surface area contributed by atoms with Crippen molar-refractivity contribution in [2.24, 2.45) is 0 Å². The van der Waals surface area contributed by atoms with Gasteiger partial charge in [-0.25, -0.2) is 13.1 Å². The van der Waals surface area contributed by atoms with E-state index in [0.717, 1.165) is 48.8 Å². The predicted octanol–water partition coefficient (Wildman–Crippen LogP) is 6.04. The number of hydrogen-bond acceptors (Lipinski definition) is 4. The van der Waals surface area contributed by atoms with E-state index in [1.165, 1.54) is 36.0 Å². The van der Waals surface area contributed by atoms with E-state index in [1.54, 1.807) is 12.1 Å². The Morgan fingerprint density at radius 2 is 1.61 bits per heavy atom. The van der Waals surface area contributed by atoms with Crippen molar-refractivity contribution in [1.82, 2.24) is 14.9 Å². The number of nitrogens with zero attached hydrogens (tertiary/aromatic N) is 1. The first-order valence-corrected chi connectivity index (χ1v) is 16.1. The van der Waals surface area contributed by atoms with E-state index < -0.39 is 16.1 Å². The number of carbonyl (C=O) groups excluding carboxylic acids is 1. The van der Waals surface area contributed by atoms with Crippen LogP contribution < -0.4 is 10.0 Å². The van der Waals surface area contributed by atoms with Gasteiger partial charge in [0.15, 0.2) is 0 Å². The molecule has 0 spiro atoms. The van der Waals surface area contributed by atoms with Crippen molar-refractivity contribution in [3.8, 4) is 0 Å². The van der Waals surface area contributed by atoms with E-state index in [-0.39, 0.29) is 23.3 Å². The number of fused-ring (bicyclic) bond motifs is 2. The van der Waals surface area contributed by atoms with Crippen LogP contribution in [0.1, 0.15) is 66.4 Å². The summed E-state index contributed by atoms with van der Waals surface area (Å²) >= 11 is 0. The van der Waals surface area contributed by atoms with E-state index in [4.69, 9.17) is 0 Å². The van der Waals surface area contributed by atoms with Crippen LogP contribution in [-0.2, 0) is 27.8 Å². The number of nitrogens with one attached hydrogen (secondary N) is 2. The lowest BCUT2D eigenvalue weighted by atomic mass is 10.0. The summed E-state index contributed by atoms with van der Waals surface area (Å²) in [6, 6.07) is 27.8. The molecule has 6 nitrogen and oxygen atoms in total. The molecule has 6 rings (SSSR count). The van der Waals surface area contributed by atoms with Crippen molar-refractivity contribution in [2.45, 2.75) is 62.0 Å². The molecule has 1 saturated heterocycles. The van der Waals surface area contributed by atoms with Crippen LogP contribution in [0.5, 0.6) is 0 Å². The van der Waals surface area contributed by atoms with Crippen LogP contribution in [0.2, 0.25) is 0 Å². The van der Waals surface area contributed by atoms with Gasteiger partial charge in [-0.1, -0.05) is 85.3 Å². The Morgan fingerprint density at radius 1 is 0.854 bits per heavy atom. The average Bonchev–Trinajstić information content (AvgIpc) is 3.41. The number of rotatable bonds is 9. The van der Waals surface area contributed by atoms with Gasteiger partial charge in [-0.3, -0.25) is 9.69 Å². The maximum absolute atomic E-state index is 13.5. The summed E-state index contributed by atoms with van der Waals surface area (Å²) < 4.78 is 29.8. The fraction of sp³-hybridized carbons (Fsp3) is 0.324. The summed E-state index contributed by atoms with van der Waals surface area (Å²) in [6.07, 6.45) is 5.66. The maximum Gasteiger partial charge on any atom is 0.241 e. The summed E-state index contributed by atoms with van der Waals surface area (Å²) in [5, 5.41) is 5.05. The molecular weight excluding hydrogens is 530 g/mol.